The van der Waals surface area contributed by atoms with Crippen LogP contribution in [0.3, 0.4) is 0 Å². The van der Waals surface area contributed by atoms with Crippen LogP contribution in [0.4, 0.5) is 0 Å². The van der Waals surface area contributed by atoms with Crippen LogP contribution >= 0.6 is 0 Å². The molecule has 0 spiro atoms. The van der Waals surface area contributed by atoms with Crippen LogP contribution in [-0.4, -0.2) is 18.8 Å². The van der Waals surface area contributed by atoms with Crippen molar-refractivity contribution < 1.29 is 4.74 Å². The SMILES string of the molecule is CCC(C)COCC1(N)CCCCCC1. The highest BCUT2D eigenvalue weighted by Gasteiger charge is 2.26. The van der Waals surface area contributed by atoms with Crippen LogP contribution in [0, 0.1) is 5.92 Å². The van der Waals surface area contributed by atoms with Crippen molar-refractivity contribution in [1.82, 2.24) is 0 Å². The minimum atomic E-state index is -0.0238. The van der Waals surface area contributed by atoms with E-state index in [1.54, 1.807) is 0 Å². The topological polar surface area (TPSA) is 35.2 Å². The van der Waals surface area contributed by atoms with Gasteiger partial charge in [-0.15, -0.1) is 0 Å². The van der Waals surface area contributed by atoms with Gasteiger partial charge in [-0.1, -0.05) is 46.0 Å². The van der Waals surface area contributed by atoms with Gasteiger partial charge in [0.05, 0.1) is 6.61 Å². The molecule has 0 amide bonds. The van der Waals surface area contributed by atoms with Crippen molar-refractivity contribution >= 4 is 0 Å². The molecule has 0 aliphatic heterocycles. The Kier molecular flexibility index (Phi) is 5.62. The third-order valence-corrected chi connectivity index (χ3v) is 3.59. The summed E-state index contributed by atoms with van der Waals surface area (Å²) in [4.78, 5) is 0. The molecule has 2 heteroatoms. The zero-order valence-corrected chi connectivity index (χ0v) is 10.4. The van der Waals surface area contributed by atoms with E-state index in [0.717, 1.165) is 26.1 Å². The number of rotatable bonds is 5. The molecule has 0 heterocycles. The highest BCUT2D eigenvalue weighted by Crippen LogP contribution is 2.25. The third kappa shape index (κ3) is 4.98. The predicted octanol–water partition coefficient (Wildman–Crippen LogP) is 3.10. The van der Waals surface area contributed by atoms with Gasteiger partial charge in [-0.05, 0) is 18.8 Å². The Hall–Kier alpha value is -0.0800. The van der Waals surface area contributed by atoms with Crippen molar-refractivity contribution in [2.75, 3.05) is 13.2 Å². The molecule has 1 fully saturated rings. The summed E-state index contributed by atoms with van der Waals surface area (Å²) in [6.07, 6.45) is 8.75. The van der Waals surface area contributed by atoms with E-state index in [1.807, 2.05) is 0 Å². The quantitative estimate of drug-likeness (QED) is 0.712. The maximum absolute atomic E-state index is 6.36. The maximum atomic E-state index is 6.36. The van der Waals surface area contributed by atoms with E-state index >= 15 is 0 Å². The lowest BCUT2D eigenvalue weighted by atomic mass is 9.92. The summed E-state index contributed by atoms with van der Waals surface area (Å²) in [7, 11) is 0. The first kappa shape index (κ1) is 13.0. The highest BCUT2D eigenvalue weighted by atomic mass is 16.5. The number of nitrogens with two attached hydrogens (primary N) is 1. The van der Waals surface area contributed by atoms with Gasteiger partial charge < -0.3 is 10.5 Å². The van der Waals surface area contributed by atoms with E-state index in [1.165, 1.54) is 32.1 Å². The highest BCUT2D eigenvalue weighted by molar-refractivity contribution is 4.85. The summed E-state index contributed by atoms with van der Waals surface area (Å²) >= 11 is 0. The standard InChI is InChI=1S/C13H27NO/c1-3-12(2)10-15-11-13(14)8-6-4-5-7-9-13/h12H,3-11,14H2,1-2H3. The van der Waals surface area contributed by atoms with Crippen molar-refractivity contribution in [3.8, 4) is 0 Å². The lowest BCUT2D eigenvalue weighted by Gasteiger charge is -2.28. The molecule has 1 saturated carbocycles. The molecule has 0 saturated heterocycles. The zero-order valence-electron chi connectivity index (χ0n) is 10.4. The molecule has 2 nitrogen and oxygen atoms in total. The summed E-state index contributed by atoms with van der Waals surface area (Å²) in [6.45, 7) is 6.07. The molecule has 2 N–H and O–H groups in total. The van der Waals surface area contributed by atoms with E-state index in [2.05, 4.69) is 13.8 Å². The molecule has 15 heavy (non-hydrogen) atoms. The van der Waals surface area contributed by atoms with Crippen LogP contribution in [-0.2, 0) is 4.74 Å². The van der Waals surface area contributed by atoms with Crippen molar-refractivity contribution in [2.24, 2.45) is 11.7 Å². The largest absolute Gasteiger partial charge is 0.379 e. The molecule has 0 aromatic heterocycles. The van der Waals surface area contributed by atoms with Gasteiger partial charge in [-0.3, -0.25) is 0 Å². The Morgan fingerprint density at radius 3 is 2.33 bits per heavy atom. The molecular formula is C13H27NO. The number of hydrogen-bond donors (Lipinski definition) is 1. The minimum absolute atomic E-state index is 0.0238. The zero-order chi connectivity index (χ0) is 11.1. The van der Waals surface area contributed by atoms with E-state index in [9.17, 15) is 0 Å². The second-order valence-electron chi connectivity index (χ2n) is 5.31. The summed E-state index contributed by atoms with van der Waals surface area (Å²) < 4.78 is 5.76. The Morgan fingerprint density at radius 1 is 1.20 bits per heavy atom. The summed E-state index contributed by atoms with van der Waals surface area (Å²) in [5, 5.41) is 0. The molecule has 1 unspecified atom stereocenters. The third-order valence-electron chi connectivity index (χ3n) is 3.59. The average Bonchev–Trinajstić information content (AvgIpc) is 2.43. The Balaban J connectivity index is 2.22. The fourth-order valence-electron chi connectivity index (χ4n) is 2.16. The van der Waals surface area contributed by atoms with Gasteiger partial charge in [0.25, 0.3) is 0 Å². The molecule has 1 aliphatic carbocycles. The van der Waals surface area contributed by atoms with Gasteiger partial charge >= 0.3 is 0 Å². The molecule has 1 atom stereocenters. The maximum Gasteiger partial charge on any atom is 0.0646 e. The molecular weight excluding hydrogens is 186 g/mol. The fraction of sp³-hybridized carbons (Fsp3) is 1.00. The lowest BCUT2D eigenvalue weighted by Crippen LogP contribution is -2.44. The fourth-order valence-corrected chi connectivity index (χ4v) is 2.16. The molecule has 0 bridgehead atoms. The van der Waals surface area contributed by atoms with Crippen LogP contribution in [0.5, 0.6) is 0 Å². The van der Waals surface area contributed by atoms with Crippen LogP contribution in [0.25, 0.3) is 0 Å². The van der Waals surface area contributed by atoms with Gasteiger partial charge in [0, 0.05) is 12.1 Å². The van der Waals surface area contributed by atoms with Crippen LogP contribution in [0.2, 0.25) is 0 Å². The second kappa shape index (κ2) is 6.49. The minimum Gasteiger partial charge on any atom is -0.379 e. The van der Waals surface area contributed by atoms with E-state index in [0.29, 0.717) is 5.92 Å². The lowest BCUT2D eigenvalue weighted by molar-refractivity contribution is 0.0569. The predicted molar refractivity (Wildman–Crippen MR) is 64.9 cm³/mol. The first-order chi connectivity index (χ1) is 7.16. The van der Waals surface area contributed by atoms with Crippen LogP contribution in [0.15, 0.2) is 0 Å². The van der Waals surface area contributed by atoms with Crippen LogP contribution < -0.4 is 5.73 Å². The van der Waals surface area contributed by atoms with Crippen LogP contribution in [0.1, 0.15) is 58.8 Å². The molecule has 0 radical (unpaired) electrons. The normalized spacial score (nSPS) is 23.4. The first-order valence-electron chi connectivity index (χ1n) is 6.53. The smallest absolute Gasteiger partial charge is 0.0646 e. The van der Waals surface area contributed by atoms with Gasteiger partial charge in [0.1, 0.15) is 0 Å². The molecule has 0 aromatic carbocycles. The number of hydrogen-bond acceptors (Lipinski definition) is 2. The summed E-state index contributed by atoms with van der Waals surface area (Å²) in [6, 6.07) is 0. The Morgan fingerprint density at radius 2 is 1.80 bits per heavy atom. The number of ether oxygens (including phenoxy) is 1. The van der Waals surface area contributed by atoms with Crippen molar-refractivity contribution in [1.29, 1.82) is 0 Å². The monoisotopic (exact) mass is 213 g/mol. The first-order valence-corrected chi connectivity index (χ1v) is 6.53. The van der Waals surface area contributed by atoms with Gasteiger partial charge in [-0.25, -0.2) is 0 Å². The molecule has 90 valence electrons. The van der Waals surface area contributed by atoms with E-state index < -0.39 is 0 Å². The van der Waals surface area contributed by atoms with Crippen molar-refractivity contribution in [3.05, 3.63) is 0 Å². The van der Waals surface area contributed by atoms with E-state index in [4.69, 9.17) is 10.5 Å². The summed E-state index contributed by atoms with van der Waals surface area (Å²) in [5.74, 6) is 0.666. The molecule has 0 aromatic rings. The Labute approximate surface area is 94.6 Å². The average molecular weight is 213 g/mol. The van der Waals surface area contributed by atoms with Gasteiger partial charge in [0.2, 0.25) is 0 Å². The van der Waals surface area contributed by atoms with Gasteiger partial charge in [0.15, 0.2) is 0 Å². The Bertz CT molecular complexity index is 162. The van der Waals surface area contributed by atoms with Gasteiger partial charge in [-0.2, -0.15) is 0 Å². The molecule has 1 rings (SSSR count). The second-order valence-corrected chi connectivity index (χ2v) is 5.31. The summed E-state index contributed by atoms with van der Waals surface area (Å²) in [5.41, 5.74) is 6.34. The van der Waals surface area contributed by atoms with Crippen molar-refractivity contribution in [2.45, 2.75) is 64.3 Å². The van der Waals surface area contributed by atoms with E-state index in [-0.39, 0.29) is 5.54 Å². The van der Waals surface area contributed by atoms with Crippen molar-refractivity contribution in [3.63, 3.8) is 0 Å². The molecule has 1 aliphatic rings.